The number of ether oxygens (including phenoxy) is 4. The zero-order valence-electron chi connectivity index (χ0n) is 35.0. The summed E-state index contributed by atoms with van der Waals surface area (Å²) in [7, 11) is -4.34. The van der Waals surface area contributed by atoms with Gasteiger partial charge in [-0.2, -0.15) is 24.7 Å². The number of aromatic amines is 2. The van der Waals surface area contributed by atoms with Gasteiger partial charge in [0.15, 0.2) is 19.7 Å². The number of H-pyrrole nitrogens is 2. The molecule has 0 aliphatic carbocycles. The van der Waals surface area contributed by atoms with Crippen LogP contribution in [0.15, 0.2) is 104 Å². The molecule has 62 heavy (non-hydrogen) atoms. The number of methoxy groups -OCH3 is 2. The summed E-state index contributed by atoms with van der Waals surface area (Å²) in [5, 5.41) is 20.2. The number of aromatic nitrogens is 8. The molecule has 2 aromatic carbocycles. The Kier molecular flexibility index (Phi) is 17.9. The van der Waals surface area contributed by atoms with Crippen molar-refractivity contribution in [3.8, 4) is 11.5 Å². The number of carbonyl (C=O) groups is 2. The summed E-state index contributed by atoms with van der Waals surface area (Å²) in [4.78, 5) is 23.5. The molecular weight excluding hydrogens is 980 g/mol. The van der Waals surface area contributed by atoms with E-state index in [9.17, 15) is 26.4 Å². The Bertz CT molecular complexity index is 2600. The molecule has 6 N–H and O–H groups in total. The fourth-order valence-corrected chi connectivity index (χ4v) is 8.55. The highest BCUT2D eigenvalue weighted by Gasteiger charge is 2.25. The van der Waals surface area contributed by atoms with E-state index in [1.165, 1.54) is 57.1 Å². The van der Waals surface area contributed by atoms with Gasteiger partial charge in [-0.3, -0.25) is 10.2 Å². The lowest BCUT2D eigenvalue weighted by atomic mass is 10.2. The van der Waals surface area contributed by atoms with Gasteiger partial charge in [0, 0.05) is 33.6 Å². The standard InChI is InChI=1S/C16H19BrN2O5S.C11H11BrN2O3S.C8H13N3O2.C3H5N3/c1-16(2,3)24-15(20)19-8-7-12(18-19)10-25(21,22)14-9-11(17)5-6-13(14)23-4;1-17-10-3-2-8(12)6-11(10)18(15,16)7-9-4-5-13-14-9;1-8(2,3)13-7(12)11-5-4-6(9)10-11;4-3-1-2-5-6-3/h5-9H,10H2,1-4H3;2-6H,7H2,1H3,(H,13,14);4-5H,1-3H3,(H2,9,10);1-2H,(H3,4,5,6). The number of hydrogen-bond acceptors (Lipinski definition) is 16. The van der Waals surface area contributed by atoms with Crippen molar-refractivity contribution < 1.29 is 45.4 Å². The molecule has 20 nitrogen and oxygen atoms in total. The van der Waals surface area contributed by atoms with E-state index in [-0.39, 0.29) is 32.7 Å². The van der Waals surface area contributed by atoms with Crippen LogP contribution < -0.4 is 20.9 Å². The van der Waals surface area contributed by atoms with E-state index in [1.807, 2.05) is 0 Å². The number of hydrogen-bond donors (Lipinski definition) is 4. The second kappa shape index (κ2) is 21.9. The van der Waals surface area contributed by atoms with Crippen molar-refractivity contribution in [2.45, 2.75) is 74.0 Å². The Labute approximate surface area is 375 Å². The van der Waals surface area contributed by atoms with E-state index in [1.54, 1.807) is 84.1 Å². The van der Waals surface area contributed by atoms with E-state index in [4.69, 9.17) is 30.4 Å². The lowest BCUT2D eigenvalue weighted by Crippen LogP contribution is -2.27. The van der Waals surface area contributed by atoms with Gasteiger partial charge < -0.3 is 30.4 Å². The number of benzene rings is 2. The monoisotopic (exact) mass is 1030 g/mol. The Balaban J connectivity index is 0.000000241. The second-order valence-corrected chi connectivity index (χ2v) is 20.3. The van der Waals surface area contributed by atoms with Crippen LogP contribution >= 0.6 is 31.9 Å². The van der Waals surface area contributed by atoms with Crippen molar-refractivity contribution in [1.29, 1.82) is 0 Å². The maximum Gasteiger partial charge on any atom is 0.435 e. The van der Waals surface area contributed by atoms with Gasteiger partial charge in [0.05, 0.1) is 43.3 Å². The van der Waals surface area contributed by atoms with E-state index in [0.717, 1.165) is 9.36 Å². The van der Waals surface area contributed by atoms with Crippen LogP contribution in [0.1, 0.15) is 52.9 Å². The molecule has 6 aromatic rings. The van der Waals surface area contributed by atoms with Crippen LogP contribution in [0.3, 0.4) is 0 Å². The Morgan fingerprint density at radius 2 is 1.13 bits per heavy atom. The van der Waals surface area contributed by atoms with Gasteiger partial charge in [0.25, 0.3) is 0 Å². The van der Waals surface area contributed by atoms with Gasteiger partial charge in [-0.1, -0.05) is 31.9 Å². The molecule has 24 heteroatoms. The largest absolute Gasteiger partial charge is 0.495 e. The van der Waals surface area contributed by atoms with E-state index < -0.39 is 43.1 Å². The molecule has 0 radical (unpaired) electrons. The number of nitrogen functional groups attached to an aromatic ring is 2. The topological polar surface area (TPSA) is 284 Å². The van der Waals surface area contributed by atoms with Gasteiger partial charge in [0.2, 0.25) is 0 Å². The van der Waals surface area contributed by atoms with Crippen molar-refractivity contribution >= 4 is 75.4 Å². The SMILES string of the molecule is CC(C)(C)OC(=O)n1ccc(N)n1.COc1ccc(Br)cc1S(=O)(=O)Cc1ccn(C(=O)OC(C)(C)C)n1.COc1ccc(Br)cc1S(=O)(=O)Cc1ccn[nH]1.Nc1ccn[nH]1. The van der Waals surface area contributed by atoms with E-state index in [0.29, 0.717) is 32.0 Å². The highest BCUT2D eigenvalue weighted by Crippen LogP contribution is 2.31. The Hall–Kier alpha value is -5.72. The first-order valence-corrected chi connectivity index (χ1v) is 22.9. The van der Waals surface area contributed by atoms with Crippen molar-refractivity contribution in [3.05, 3.63) is 106 Å². The van der Waals surface area contributed by atoms with E-state index in [2.05, 4.69) is 62.5 Å². The fourth-order valence-electron chi connectivity index (χ4n) is 4.57. The summed E-state index contributed by atoms with van der Waals surface area (Å²) in [6, 6.07) is 15.9. The second-order valence-electron chi connectivity index (χ2n) is 14.6. The maximum atomic E-state index is 12.7. The molecule has 0 fully saturated rings. The summed E-state index contributed by atoms with van der Waals surface area (Å²) in [5.41, 5.74) is 10.1. The molecule has 0 atom stereocenters. The Morgan fingerprint density at radius 1 is 0.661 bits per heavy atom. The maximum absolute atomic E-state index is 12.7. The molecule has 0 saturated heterocycles. The smallest absolute Gasteiger partial charge is 0.435 e. The van der Waals surface area contributed by atoms with Crippen molar-refractivity contribution in [2.24, 2.45) is 0 Å². The molecule has 0 unspecified atom stereocenters. The minimum Gasteiger partial charge on any atom is -0.495 e. The number of anilines is 2. The summed E-state index contributed by atoms with van der Waals surface area (Å²) in [5.74, 6) is 0.975. The quantitative estimate of drug-likeness (QED) is 0.122. The molecular formula is C38H48Br2N10O10S2. The molecule has 0 amide bonds. The molecule has 0 bridgehead atoms. The minimum atomic E-state index is -3.71. The first-order valence-electron chi connectivity index (χ1n) is 18.0. The fraction of sp³-hybridized carbons (Fsp3) is 0.316. The van der Waals surface area contributed by atoms with Gasteiger partial charge in [-0.25, -0.2) is 26.4 Å². The highest BCUT2D eigenvalue weighted by atomic mass is 79.9. The number of halogens is 2. The zero-order chi connectivity index (χ0) is 46.5. The Morgan fingerprint density at radius 3 is 1.52 bits per heavy atom. The summed E-state index contributed by atoms with van der Waals surface area (Å²) in [6.45, 7) is 10.6. The third kappa shape index (κ3) is 16.6. The average molecular weight is 1030 g/mol. The molecule has 6 rings (SSSR count). The number of nitrogens with two attached hydrogens (primary N) is 2. The molecule has 0 aliphatic heterocycles. The lowest BCUT2D eigenvalue weighted by molar-refractivity contribution is 0.0503. The van der Waals surface area contributed by atoms with Crippen LogP contribution in [-0.4, -0.2) is 94.4 Å². The molecule has 4 aromatic heterocycles. The number of sulfone groups is 2. The average Bonchev–Trinajstić information content (AvgIpc) is 4.01. The van der Waals surface area contributed by atoms with Crippen LogP contribution in [0.25, 0.3) is 0 Å². The normalized spacial score (nSPS) is 11.4. The molecule has 0 spiro atoms. The summed E-state index contributed by atoms with van der Waals surface area (Å²) in [6.07, 6.45) is 4.76. The van der Waals surface area contributed by atoms with E-state index >= 15 is 0 Å². The van der Waals surface area contributed by atoms with Crippen LogP contribution in [-0.2, 0) is 40.7 Å². The highest BCUT2D eigenvalue weighted by molar-refractivity contribution is 9.10. The number of nitrogens with zero attached hydrogens (tertiary/aromatic N) is 6. The zero-order valence-corrected chi connectivity index (χ0v) is 39.8. The number of rotatable bonds is 8. The number of carbonyl (C=O) groups excluding carboxylic acids is 2. The van der Waals surface area contributed by atoms with Gasteiger partial charge in [0.1, 0.15) is 44.1 Å². The van der Waals surface area contributed by atoms with Crippen molar-refractivity contribution in [3.63, 3.8) is 0 Å². The molecule has 0 saturated carbocycles. The summed E-state index contributed by atoms with van der Waals surface area (Å²) < 4.78 is 73.7. The predicted octanol–water partition coefficient (Wildman–Crippen LogP) is 6.81. The first kappa shape index (κ1) is 50.6. The van der Waals surface area contributed by atoms with Crippen LogP contribution in [0, 0.1) is 0 Å². The third-order valence-electron chi connectivity index (χ3n) is 7.10. The van der Waals surface area contributed by atoms with Crippen LogP contribution in [0.5, 0.6) is 11.5 Å². The number of nitrogens with one attached hydrogen (secondary N) is 2. The first-order chi connectivity index (χ1) is 28.8. The van der Waals surface area contributed by atoms with Gasteiger partial charge >= 0.3 is 12.2 Å². The summed E-state index contributed by atoms with van der Waals surface area (Å²) >= 11 is 6.51. The van der Waals surface area contributed by atoms with Crippen molar-refractivity contribution in [2.75, 3.05) is 25.7 Å². The molecule has 0 aliphatic rings. The molecule has 336 valence electrons. The molecule has 4 heterocycles. The van der Waals surface area contributed by atoms with Gasteiger partial charge in [-0.15, -0.1) is 5.10 Å². The van der Waals surface area contributed by atoms with Gasteiger partial charge in [-0.05, 0) is 96.1 Å². The lowest BCUT2D eigenvalue weighted by Gasteiger charge is -2.18. The van der Waals surface area contributed by atoms with Crippen LogP contribution in [0.4, 0.5) is 21.2 Å². The van der Waals surface area contributed by atoms with Crippen LogP contribution in [0.2, 0.25) is 0 Å². The minimum absolute atomic E-state index is 0.0520. The third-order valence-corrected chi connectivity index (χ3v) is 11.4. The van der Waals surface area contributed by atoms with Crippen molar-refractivity contribution in [1.82, 2.24) is 40.0 Å². The predicted molar refractivity (Wildman–Crippen MR) is 237 cm³/mol.